The Hall–Kier alpha value is -2.29. The Morgan fingerprint density at radius 2 is 1.55 bits per heavy atom. The summed E-state index contributed by atoms with van der Waals surface area (Å²) in [5.74, 6) is 0. The molecule has 2 rings (SSSR count). The highest BCUT2D eigenvalue weighted by molar-refractivity contribution is 6.04. The van der Waals surface area contributed by atoms with E-state index in [4.69, 9.17) is 0 Å². The van der Waals surface area contributed by atoms with E-state index in [-0.39, 0.29) is 0 Å². The zero-order chi connectivity index (χ0) is 14.5. The number of rotatable bonds is 4. The van der Waals surface area contributed by atoms with Crippen molar-refractivity contribution in [3.63, 3.8) is 0 Å². The highest BCUT2D eigenvalue weighted by Crippen LogP contribution is 2.19. The Balaban J connectivity index is 2.19. The lowest BCUT2D eigenvalue weighted by atomic mass is 10.0. The minimum Gasteiger partial charge on any atom is -0.411 e. The van der Waals surface area contributed by atoms with Gasteiger partial charge in [-0.15, -0.1) is 0 Å². The van der Waals surface area contributed by atoms with Crippen LogP contribution in [0.4, 0.5) is 5.69 Å². The number of hydrogen-bond donors (Lipinski definition) is 2. The molecule has 20 heavy (non-hydrogen) atoms. The van der Waals surface area contributed by atoms with Gasteiger partial charge in [-0.2, -0.15) is 0 Å². The predicted molar refractivity (Wildman–Crippen MR) is 83.9 cm³/mol. The molecule has 3 heteroatoms. The fourth-order valence-corrected chi connectivity index (χ4v) is 2.35. The number of nitrogens with one attached hydrogen (secondary N) is 1. The molecular weight excluding hydrogens is 248 g/mol. The first-order valence-corrected chi connectivity index (χ1v) is 6.70. The molecule has 0 atom stereocenters. The molecule has 0 radical (unpaired) electrons. The van der Waals surface area contributed by atoms with E-state index in [2.05, 4.69) is 36.5 Å². The normalized spacial score (nSPS) is 11.4. The number of nitrogens with zero attached hydrogens (tertiary/aromatic N) is 1. The van der Waals surface area contributed by atoms with Gasteiger partial charge in [-0.1, -0.05) is 47.6 Å². The summed E-state index contributed by atoms with van der Waals surface area (Å²) < 4.78 is 0. The second-order valence-corrected chi connectivity index (χ2v) is 4.98. The third-order valence-corrected chi connectivity index (χ3v) is 3.49. The summed E-state index contributed by atoms with van der Waals surface area (Å²) in [6.07, 6.45) is 0. The van der Waals surface area contributed by atoms with Crippen molar-refractivity contribution in [3.8, 4) is 0 Å². The Kier molecular flexibility index (Phi) is 4.41. The maximum atomic E-state index is 9.27. The number of oxime groups is 1. The fourth-order valence-electron chi connectivity index (χ4n) is 2.35. The van der Waals surface area contributed by atoms with Gasteiger partial charge in [0.2, 0.25) is 0 Å². The number of para-hydroxylation sites is 1. The van der Waals surface area contributed by atoms with Gasteiger partial charge in [0.25, 0.3) is 0 Å². The third kappa shape index (κ3) is 2.99. The van der Waals surface area contributed by atoms with E-state index in [9.17, 15) is 5.21 Å². The van der Waals surface area contributed by atoms with Crippen molar-refractivity contribution in [3.05, 3.63) is 64.7 Å². The lowest BCUT2D eigenvalue weighted by Crippen LogP contribution is -2.17. The molecule has 0 fully saturated rings. The SMILES string of the molecule is Cc1ccccc1C(CNc1c(C)cccc1C)=NO. The minimum atomic E-state index is 0.493. The molecule has 2 aromatic carbocycles. The van der Waals surface area contributed by atoms with Gasteiger partial charge in [0, 0.05) is 11.3 Å². The second kappa shape index (κ2) is 6.24. The molecule has 2 aromatic rings. The predicted octanol–water partition coefficient (Wildman–Crippen LogP) is 3.90. The summed E-state index contributed by atoms with van der Waals surface area (Å²) in [6, 6.07) is 14.1. The van der Waals surface area contributed by atoms with Crippen LogP contribution in [0.2, 0.25) is 0 Å². The van der Waals surface area contributed by atoms with E-state index < -0.39 is 0 Å². The van der Waals surface area contributed by atoms with Gasteiger partial charge in [0.1, 0.15) is 5.71 Å². The number of anilines is 1. The summed E-state index contributed by atoms with van der Waals surface area (Å²) >= 11 is 0. The zero-order valence-corrected chi connectivity index (χ0v) is 12.1. The van der Waals surface area contributed by atoms with Crippen LogP contribution in [0.25, 0.3) is 0 Å². The van der Waals surface area contributed by atoms with E-state index in [1.54, 1.807) is 0 Å². The molecule has 0 saturated heterocycles. The molecule has 0 aromatic heterocycles. The van der Waals surface area contributed by atoms with E-state index >= 15 is 0 Å². The molecule has 104 valence electrons. The van der Waals surface area contributed by atoms with Crippen LogP contribution >= 0.6 is 0 Å². The van der Waals surface area contributed by atoms with Gasteiger partial charge in [0.05, 0.1) is 6.54 Å². The standard InChI is InChI=1S/C17H20N2O/c1-12-7-4-5-10-15(12)16(19-20)11-18-17-13(2)8-6-9-14(17)3/h4-10,18,20H,11H2,1-3H3. The molecule has 0 saturated carbocycles. The van der Waals surface area contributed by atoms with Crippen molar-refractivity contribution in [1.29, 1.82) is 0 Å². The van der Waals surface area contributed by atoms with Gasteiger partial charge in [0.15, 0.2) is 0 Å². The third-order valence-electron chi connectivity index (χ3n) is 3.49. The summed E-state index contributed by atoms with van der Waals surface area (Å²) in [4.78, 5) is 0. The maximum absolute atomic E-state index is 9.27. The quantitative estimate of drug-likeness (QED) is 0.502. The van der Waals surface area contributed by atoms with E-state index in [1.165, 1.54) is 11.1 Å². The van der Waals surface area contributed by atoms with E-state index in [0.717, 1.165) is 16.8 Å². The van der Waals surface area contributed by atoms with Gasteiger partial charge >= 0.3 is 0 Å². The molecular formula is C17H20N2O. The van der Waals surface area contributed by atoms with Gasteiger partial charge in [-0.25, -0.2) is 0 Å². The second-order valence-electron chi connectivity index (χ2n) is 4.98. The maximum Gasteiger partial charge on any atom is 0.106 e. The topological polar surface area (TPSA) is 44.6 Å². The zero-order valence-electron chi connectivity index (χ0n) is 12.1. The number of hydrogen-bond acceptors (Lipinski definition) is 3. The number of benzene rings is 2. The lowest BCUT2D eigenvalue weighted by molar-refractivity contribution is 0.319. The molecule has 0 heterocycles. The monoisotopic (exact) mass is 268 g/mol. The van der Waals surface area contributed by atoms with Gasteiger partial charge < -0.3 is 10.5 Å². The van der Waals surface area contributed by atoms with Crippen LogP contribution in [-0.4, -0.2) is 17.5 Å². The lowest BCUT2D eigenvalue weighted by Gasteiger charge is -2.14. The van der Waals surface area contributed by atoms with Crippen LogP contribution in [-0.2, 0) is 0 Å². The molecule has 0 unspecified atom stereocenters. The van der Waals surface area contributed by atoms with Crippen LogP contribution < -0.4 is 5.32 Å². The average molecular weight is 268 g/mol. The fraction of sp³-hybridized carbons (Fsp3) is 0.235. The summed E-state index contributed by atoms with van der Waals surface area (Å²) in [6.45, 7) is 6.64. The molecule has 0 aliphatic carbocycles. The molecule has 0 bridgehead atoms. The molecule has 0 amide bonds. The first-order chi connectivity index (χ1) is 9.63. The minimum absolute atomic E-state index is 0.493. The highest BCUT2D eigenvalue weighted by Gasteiger charge is 2.08. The highest BCUT2D eigenvalue weighted by atomic mass is 16.4. The van der Waals surface area contributed by atoms with Crippen LogP contribution in [0.1, 0.15) is 22.3 Å². The first-order valence-electron chi connectivity index (χ1n) is 6.70. The van der Waals surface area contributed by atoms with E-state index in [0.29, 0.717) is 12.3 Å². The molecule has 0 spiro atoms. The Labute approximate surface area is 120 Å². The molecule has 0 aliphatic rings. The van der Waals surface area contributed by atoms with Gasteiger partial charge in [-0.3, -0.25) is 0 Å². The Morgan fingerprint density at radius 1 is 0.950 bits per heavy atom. The van der Waals surface area contributed by atoms with Crippen LogP contribution in [0.3, 0.4) is 0 Å². The smallest absolute Gasteiger partial charge is 0.106 e. The number of aryl methyl sites for hydroxylation is 3. The van der Waals surface area contributed by atoms with E-state index in [1.807, 2.05) is 37.3 Å². The molecule has 3 nitrogen and oxygen atoms in total. The summed E-state index contributed by atoms with van der Waals surface area (Å²) in [5.41, 5.74) is 6.18. The van der Waals surface area contributed by atoms with Crippen molar-refractivity contribution < 1.29 is 5.21 Å². The largest absolute Gasteiger partial charge is 0.411 e. The van der Waals surface area contributed by atoms with Crippen molar-refractivity contribution >= 4 is 11.4 Å². The summed E-state index contributed by atoms with van der Waals surface area (Å²) in [7, 11) is 0. The molecule has 2 N–H and O–H groups in total. The van der Waals surface area contributed by atoms with Gasteiger partial charge in [-0.05, 0) is 37.5 Å². The van der Waals surface area contributed by atoms with Crippen molar-refractivity contribution in [1.82, 2.24) is 0 Å². The average Bonchev–Trinajstić information content (AvgIpc) is 2.44. The first kappa shape index (κ1) is 14.1. The van der Waals surface area contributed by atoms with Crippen LogP contribution in [0, 0.1) is 20.8 Å². The van der Waals surface area contributed by atoms with Crippen molar-refractivity contribution in [2.75, 3.05) is 11.9 Å². The van der Waals surface area contributed by atoms with Crippen molar-refractivity contribution in [2.45, 2.75) is 20.8 Å². The van der Waals surface area contributed by atoms with Crippen LogP contribution in [0.15, 0.2) is 47.6 Å². The van der Waals surface area contributed by atoms with Crippen molar-refractivity contribution in [2.24, 2.45) is 5.16 Å². The summed E-state index contributed by atoms with van der Waals surface area (Å²) in [5, 5.41) is 16.1. The Bertz CT molecular complexity index is 612. The molecule has 0 aliphatic heterocycles. The van der Waals surface area contributed by atoms with Crippen LogP contribution in [0.5, 0.6) is 0 Å². The Morgan fingerprint density at radius 3 is 2.15 bits per heavy atom.